The van der Waals surface area contributed by atoms with Crippen LogP contribution in [0.5, 0.6) is 0 Å². The van der Waals surface area contributed by atoms with Crippen molar-refractivity contribution in [3.63, 3.8) is 0 Å². The van der Waals surface area contributed by atoms with Crippen LogP contribution in [0.25, 0.3) is 0 Å². The zero-order valence-corrected chi connectivity index (χ0v) is 14.2. The third kappa shape index (κ3) is 9.14. The quantitative estimate of drug-likeness (QED) is 0.690. The molecule has 0 N–H and O–H groups in total. The fourth-order valence-electron chi connectivity index (χ4n) is 1.66. The second-order valence-corrected chi connectivity index (χ2v) is 4.88. The maximum atomic E-state index is 4.10. The zero-order valence-electron chi connectivity index (χ0n) is 14.2. The van der Waals surface area contributed by atoms with E-state index < -0.39 is 0 Å². The molecule has 0 aliphatic heterocycles. The monoisotopic (exact) mass is 307 g/mol. The summed E-state index contributed by atoms with van der Waals surface area (Å²) in [6.07, 6.45) is 9.30. The average molecular weight is 307 g/mol. The minimum Gasteiger partial charge on any atom is -0.264 e. The van der Waals surface area contributed by atoms with Crippen molar-refractivity contribution in [1.82, 2.24) is 15.0 Å². The standard InChI is InChI=1S/2C7H9N.C6H7N/c2*1-2-7-5-3-4-6-8-7;1-6-3-2-4-7-5-6/h2*3-6H,2H2,1H3;2-5H,1H3. The van der Waals surface area contributed by atoms with Gasteiger partial charge in [0, 0.05) is 36.2 Å². The first-order valence-corrected chi connectivity index (χ1v) is 7.92. The Bertz CT molecular complexity index is 571. The second kappa shape index (κ2) is 12.0. The summed E-state index contributed by atoms with van der Waals surface area (Å²) in [5.74, 6) is 0. The maximum absolute atomic E-state index is 4.10. The lowest BCUT2D eigenvalue weighted by molar-refractivity contribution is 1.04. The smallest absolute Gasteiger partial charge is 0.0400 e. The highest BCUT2D eigenvalue weighted by molar-refractivity contribution is 5.04. The lowest BCUT2D eigenvalue weighted by Gasteiger charge is -1.88. The van der Waals surface area contributed by atoms with E-state index in [0.717, 1.165) is 24.2 Å². The Hall–Kier alpha value is -2.55. The minimum atomic E-state index is 1.03. The number of aryl methyl sites for hydroxylation is 3. The molecule has 0 bridgehead atoms. The fourth-order valence-corrected chi connectivity index (χ4v) is 1.66. The van der Waals surface area contributed by atoms with Gasteiger partial charge in [-0.25, -0.2) is 0 Å². The van der Waals surface area contributed by atoms with E-state index in [1.54, 1.807) is 6.20 Å². The Balaban J connectivity index is 0.000000173. The largest absolute Gasteiger partial charge is 0.264 e. The summed E-state index contributed by atoms with van der Waals surface area (Å²) in [6, 6.07) is 15.9. The lowest BCUT2D eigenvalue weighted by Crippen LogP contribution is -1.81. The molecule has 0 radical (unpaired) electrons. The van der Waals surface area contributed by atoms with Crippen molar-refractivity contribution in [2.45, 2.75) is 33.6 Å². The number of rotatable bonds is 2. The van der Waals surface area contributed by atoms with Gasteiger partial charge in [0.25, 0.3) is 0 Å². The third-order valence-corrected chi connectivity index (χ3v) is 2.99. The topological polar surface area (TPSA) is 38.7 Å². The molecule has 0 saturated heterocycles. The molecule has 0 aliphatic carbocycles. The molecule has 0 fully saturated rings. The molecule has 0 aromatic carbocycles. The van der Waals surface area contributed by atoms with Gasteiger partial charge in [-0.2, -0.15) is 0 Å². The number of pyridine rings is 3. The fraction of sp³-hybridized carbons (Fsp3) is 0.250. The van der Waals surface area contributed by atoms with Gasteiger partial charge in [-0.15, -0.1) is 0 Å². The summed E-state index contributed by atoms with van der Waals surface area (Å²) in [4.78, 5) is 12.1. The normalized spacial score (nSPS) is 9.00. The van der Waals surface area contributed by atoms with Crippen molar-refractivity contribution in [2.75, 3.05) is 0 Å². The van der Waals surface area contributed by atoms with E-state index in [1.165, 1.54) is 5.56 Å². The van der Waals surface area contributed by atoms with Crippen LogP contribution in [0.3, 0.4) is 0 Å². The van der Waals surface area contributed by atoms with Crippen LogP contribution in [0.15, 0.2) is 73.3 Å². The third-order valence-electron chi connectivity index (χ3n) is 2.99. The van der Waals surface area contributed by atoms with Crippen molar-refractivity contribution < 1.29 is 0 Å². The van der Waals surface area contributed by atoms with Gasteiger partial charge in [0.1, 0.15) is 0 Å². The predicted molar refractivity (Wildman–Crippen MR) is 96.2 cm³/mol. The van der Waals surface area contributed by atoms with Crippen molar-refractivity contribution in [3.05, 3.63) is 90.3 Å². The van der Waals surface area contributed by atoms with Crippen LogP contribution in [-0.2, 0) is 12.8 Å². The highest BCUT2D eigenvalue weighted by Gasteiger charge is 1.82. The Kier molecular flexibility index (Phi) is 9.68. The SMILES string of the molecule is CCc1ccccn1.CCc1ccccn1.Cc1cccnc1. The molecule has 3 nitrogen and oxygen atoms in total. The summed E-state index contributed by atoms with van der Waals surface area (Å²) in [6.45, 7) is 6.22. The summed E-state index contributed by atoms with van der Waals surface area (Å²) in [5.41, 5.74) is 3.53. The highest BCUT2D eigenvalue weighted by Crippen LogP contribution is 1.92. The first kappa shape index (κ1) is 18.5. The Morgan fingerprint density at radius 1 is 0.696 bits per heavy atom. The highest BCUT2D eigenvalue weighted by atomic mass is 14.7. The molecule has 3 heteroatoms. The van der Waals surface area contributed by atoms with Gasteiger partial charge in [0.15, 0.2) is 0 Å². The Morgan fingerprint density at radius 2 is 1.26 bits per heavy atom. The number of hydrogen-bond acceptors (Lipinski definition) is 3. The van der Waals surface area contributed by atoms with Crippen LogP contribution in [0.2, 0.25) is 0 Å². The second-order valence-electron chi connectivity index (χ2n) is 4.88. The van der Waals surface area contributed by atoms with E-state index in [1.807, 2.05) is 74.0 Å². The molecular formula is C20H25N3. The van der Waals surface area contributed by atoms with Crippen LogP contribution in [-0.4, -0.2) is 15.0 Å². The molecule has 0 spiro atoms. The number of nitrogens with zero attached hydrogens (tertiary/aromatic N) is 3. The van der Waals surface area contributed by atoms with Crippen LogP contribution in [0.1, 0.15) is 30.8 Å². The molecule has 0 atom stereocenters. The molecule has 120 valence electrons. The van der Waals surface area contributed by atoms with Crippen LogP contribution in [0, 0.1) is 6.92 Å². The van der Waals surface area contributed by atoms with Gasteiger partial charge >= 0.3 is 0 Å². The van der Waals surface area contributed by atoms with Crippen LogP contribution in [0.4, 0.5) is 0 Å². The first-order chi connectivity index (χ1) is 11.3. The molecule has 3 rings (SSSR count). The van der Waals surface area contributed by atoms with Crippen LogP contribution < -0.4 is 0 Å². The van der Waals surface area contributed by atoms with Crippen molar-refractivity contribution in [3.8, 4) is 0 Å². The molecule has 0 aliphatic rings. The lowest BCUT2D eigenvalue weighted by atomic mass is 10.3. The molecule has 3 aromatic heterocycles. The van der Waals surface area contributed by atoms with Crippen molar-refractivity contribution in [1.29, 1.82) is 0 Å². The van der Waals surface area contributed by atoms with Gasteiger partial charge in [-0.3, -0.25) is 15.0 Å². The molecule has 0 saturated carbocycles. The molecule has 3 aromatic rings. The van der Waals surface area contributed by atoms with E-state index in [4.69, 9.17) is 0 Å². The Morgan fingerprint density at radius 3 is 1.48 bits per heavy atom. The molecule has 23 heavy (non-hydrogen) atoms. The van der Waals surface area contributed by atoms with E-state index in [9.17, 15) is 0 Å². The molecule has 0 unspecified atom stereocenters. The van der Waals surface area contributed by atoms with E-state index >= 15 is 0 Å². The van der Waals surface area contributed by atoms with Gasteiger partial charge in [0.05, 0.1) is 0 Å². The number of hydrogen-bond donors (Lipinski definition) is 0. The first-order valence-electron chi connectivity index (χ1n) is 7.92. The van der Waals surface area contributed by atoms with Gasteiger partial charge in [0.2, 0.25) is 0 Å². The summed E-state index contributed by atoms with van der Waals surface area (Å²) < 4.78 is 0. The molecule has 0 amide bonds. The van der Waals surface area contributed by atoms with Gasteiger partial charge < -0.3 is 0 Å². The number of aromatic nitrogens is 3. The zero-order chi connectivity index (χ0) is 16.8. The van der Waals surface area contributed by atoms with Gasteiger partial charge in [-0.05, 0) is 55.7 Å². The summed E-state index contributed by atoms with van der Waals surface area (Å²) in [5, 5.41) is 0. The van der Waals surface area contributed by atoms with Crippen LogP contribution >= 0.6 is 0 Å². The van der Waals surface area contributed by atoms with Gasteiger partial charge in [-0.1, -0.05) is 32.0 Å². The van der Waals surface area contributed by atoms with E-state index in [0.29, 0.717) is 0 Å². The predicted octanol–water partition coefficient (Wildman–Crippen LogP) is 4.68. The van der Waals surface area contributed by atoms with Crippen molar-refractivity contribution >= 4 is 0 Å². The Labute approximate surface area is 139 Å². The summed E-state index contributed by atoms with van der Waals surface area (Å²) >= 11 is 0. The van der Waals surface area contributed by atoms with Crippen molar-refractivity contribution in [2.24, 2.45) is 0 Å². The summed E-state index contributed by atoms with van der Waals surface area (Å²) in [7, 11) is 0. The average Bonchev–Trinajstić information content (AvgIpc) is 2.65. The molecular weight excluding hydrogens is 282 g/mol. The van der Waals surface area contributed by atoms with E-state index in [-0.39, 0.29) is 0 Å². The molecule has 3 heterocycles. The minimum absolute atomic E-state index is 1.03. The van der Waals surface area contributed by atoms with E-state index in [2.05, 4.69) is 28.8 Å². The maximum Gasteiger partial charge on any atom is 0.0400 e.